The number of sulfonamides is 1. The van der Waals surface area contributed by atoms with Crippen molar-refractivity contribution in [2.45, 2.75) is 18.4 Å². The third kappa shape index (κ3) is 3.49. The van der Waals surface area contributed by atoms with Crippen LogP contribution in [0.4, 0.5) is 10.1 Å². The predicted molar refractivity (Wildman–Crippen MR) is 84.2 cm³/mol. The predicted octanol–water partition coefficient (Wildman–Crippen LogP) is 3.76. The highest BCUT2D eigenvalue weighted by molar-refractivity contribution is 7.93. The van der Waals surface area contributed by atoms with Gasteiger partial charge in [-0.2, -0.15) is 0 Å². The van der Waals surface area contributed by atoms with Crippen molar-refractivity contribution in [3.8, 4) is 0 Å². The molecule has 0 atom stereocenters. The minimum atomic E-state index is -3.81. The van der Waals surface area contributed by atoms with Gasteiger partial charge in [0, 0.05) is 16.3 Å². The number of aryl methyl sites for hydroxylation is 1. The normalized spacial score (nSPS) is 11.7. The number of anilines is 1. The Hall–Kier alpha value is -0.860. The average molecular weight is 369 g/mol. The second-order valence-corrected chi connectivity index (χ2v) is 8.00. The van der Waals surface area contributed by atoms with Crippen LogP contribution < -0.4 is 10.5 Å². The van der Waals surface area contributed by atoms with Gasteiger partial charge in [-0.05, 0) is 25.1 Å². The van der Waals surface area contributed by atoms with E-state index < -0.39 is 15.8 Å². The summed E-state index contributed by atoms with van der Waals surface area (Å²) in [5.41, 5.74) is 5.59. The molecule has 2 aromatic rings. The SMILES string of the molecule is Cc1sc(CN)cc1S(=O)(=O)Nc1cc(Cl)c(F)c(Cl)c1. The summed E-state index contributed by atoms with van der Waals surface area (Å²) in [6, 6.07) is 3.83. The van der Waals surface area contributed by atoms with Crippen molar-refractivity contribution in [1.29, 1.82) is 0 Å². The number of hydrogen-bond donors (Lipinski definition) is 2. The third-order valence-corrected chi connectivity index (χ3v) is 5.91. The maximum Gasteiger partial charge on any atom is 0.263 e. The number of rotatable bonds is 4. The molecule has 1 heterocycles. The summed E-state index contributed by atoms with van der Waals surface area (Å²) in [5, 5.41) is -0.519. The van der Waals surface area contributed by atoms with Crippen molar-refractivity contribution in [1.82, 2.24) is 0 Å². The summed E-state index contributed by atoms with van der Waals surface area (Å²) in [4.78, 5) is 1.50. The summed E-state index contributed by atoms with van der Waals surface area (Å²) in [6.07, 6.45) is 0. The summed E-state index contributed by atoms with van der Waals surface area (Å²) >= 11 is 12.6. The highest BCUT2D eigenvalue weighted by Crippen LogP contribution is 2.31. The van der Waals surface area contributed by atoms with Crippen LogP contribution in [0.15, 0.2) is 23.1 Å². The van der Waals surface area contributed by atoms with Crippen molar-refractivity contribution in [2.24, 2.45) is 5.73 Å². The zero-order valence-electron chi connectivity index (χ0n) is 10.8. The second-order valence-electron chi connectivity index (χ2n) is 4.20. The van der Waals surface area contributed by atoms with Gasteiger partial charge in [0.1, 0.15) is 4.90 Å². The Morgan fingerprint density at radius 1 is 1.29 bits per heavy atom. The molecule has 114 valence electrons. The molecule has 3 N–H and O–H groups in total. The van der Waals surface area contributed by atoms with Gasteiger partial charge in [-0.15, -0.1) is 11.3 Å². The van der Waals surface area contributed by atoms with Gasteiger partial charge < -0.3 is 5.73 Å². The van der Waals surface area contributed by atoms with Crippen LogP contribution in [0.2, 0.25) is 10.0 Å². The molecule has 0 bridgehead atoms. The molecule has 0 spiro atoms. The van der Waals surface area contributed by atoms with Crippen molar-refractivity contribution in [2.75, 3.05) is 4.72 Å². The van der Waals surface area contributed by atoms with Crippen LogP contribution in [-0.4, -0.2) is 8.42 Å². The molecule has 0 amide bonds. The zero-order chi connectivity index (χ0) is 15.8. The molecular formula is C12H11Cl2FN2O2S2. The van der Waals surface area contributed by atoms with Gasteiger partial charge >= 0.3 is 0 Å². The lowest BCUT2D eigenvalue weighted by Crippen LogP contribution is -2.13. The maximum atomic E-state index is 13.3. The van der Waals surface area contributed by atoms with Crippen LogP contribution >= 0.6 is 34.5 Å². The van der Waals surface area contributed by atoms with Gasteiger partial charge in [0.25, 0.3) is 10.0 Å². The van der Waals surface area contributed by atoms with E-state index in [-0.39, 0.29) is 27.2 Å². The Kier molecular flexibility index (Phi) is 4.79. The first-order valence-corrected chi connectivity index (χ1v) is 8.77. The minimum absolute atomic E-state index is 0.0892. The van der Waals surface area contributed by atoms with Crippen molar-refractivity contribution in [3.05, 3.63) is 43.8 Å². The molecule has 1 aromatic heterocycles. The van der Waals surface area contributed by atoms with E-state index in [1.54, 1.807) is 6.92 Å². The molecule has 4 nitrogen and oxygen atoms in total. The maximum absolute atomic E-state index is 13.3. The number of thiophene rings is 1. The Labute approximate surface area is 135 Å². The molecule has 9 heteroatoms. The van der Waals surface area contributed by atoms with E-state index >= 15 is 0 Å². The molecule has 21 heavy (non-hydrogen) atoms. The molecule has 0 unspecified atom stereocenters. The van der Waals surface area contributed by atoms with Crippen molar-refractivity contribution >= 4 is 50.2 Å². The summed E-state index contributed by atoms with van der Waals surface area (Å²) < 4.78 is 40.3. The first kappa shape index (κ1) is 16.5. The van der Waals surface area contributed by atoms with E-state index in [1.165, 1.54) is 17.4 Å². The molecule has 0 fully saturated rings. The van der Waals surface area contributed by atoms with Gasteiger partial charge in [0.15, 0.2) is 5.82 Å². The monoisotopic (exact) mass is 368 g/mol. The summed E-state index contributed by atoms with van der Waals surface area (Å²) in [7, 11) is -3.81. The average Bonchev–Trinajstić information content (AvgIpc) is 2.77. The quantitative estimate of drug-likeness (QED) is 0.806. The highest BCUT2D eigenvalue weighted by atomic mass is 35.5. The molecule has 0 radical (unpaired) electrons. The molecule has 0 aliphatic heterocycles. The lowest BCUT2D eigenvalue weighted by molar-refractivity contribution is 0.601. The van der Waals surface area contributed by atoms with Gasteiger partial charge in [0.2, 0.25) is 0 Å². The largest absolute Gasteiger partial charge is 0.326 e. The molecule has 0 saturated heterocycles. The van der Waals surface area contributed by atoms with Crippen LogP contribution in [0.1, 0.15) is 9.75 Å². The Bertz CT molecular complexity index is 768. The van der Waals surface area contributed by atoms with Crippen LogP contribution in [-0.2, 0) is 16.6 Å². The molecule has 2 rings (SSSR count). The smallest absolute Gasteiger partial charge is 0.263 e. The number of hydrogen-bond acceptors (Lipinski definition) is 4. The lowest BCUT2D eigenvalue weighted by Gasteiger charge is -2.09. The molecule has 1 aromatic carbocycles. The van der Waals surface area contributed by atoms with Gasteiger partial charge in [-0.3, -0.25) is 4.72 Å². The minimum Gasteiger partial charge on any atom is -0.326 e. The summed E-state index contributed by atoms with van der Waals surface area (Å²) in [5.74, 6) is -0.793. The lowest BCUT2D eigenvalue weighted by atomic mass is 10.3. The van der Waals surface area contributed by atoms with E-state index in [9.17, 15) is 12.8 Å². The number of nitrogens with two attached hydrogens (primary N) is 1. The van der Waals surface area contributed by atoms with Crippen molar-refractivity contribution in [3.63, 3.8) is 0 Å². The van der Waals surface area contributed by atoms with E-state index in [0.717, 1.165) is 17.0 Å². The van der Waals surface area contributed by atoms with Crippen LogP contribution in [0.25, 0.3) is 0 Å². The van der Waals surface area contributed by atoms with E-state index in [4.69, 9.17) is 28.9 Å². The number of halogens is 3. The van der Waals surface area contributed by atoms with Gasteiger partial charge in [-0.25, -0.2) is 12.8 Å². The molecular weight excluding hydrogens is 358 g/mol. The van der Waals surface area contributed by atoms with E-state index in [0.29, 0.717) is 4.88 Å². The topological polar surface area (TPSA) is 72.2 Å². The fraction of sp³-hybridized carbons (Fsp3) is 0.167. The fourth-order valence-corrected chi connectivity index (χ4v) is 4.76. The number of nitrogens with one attached hydrogen (secondary N) is 1. The molecule has 0 aliphatic carbocycles. The zero-order valence-corrected chi connectivity index (χ0v) is 13.9. The molecule has 0 saturated carbocycles. The van der Waals surface area contributed by atoms with E-state index in [1.807, 2.05) is 0 Å². The first-order chi connectivity index (χ1) is 9.74. The van der Waals surface area contributed by atoms with Crippen molar-refractivity contribution < 1.29 is 12.8 Å². The standard InChI is InChI=1S/C12H11Cl2FN2O2S2/c1-6-11(4-8(5-16)20-6)21(18,19)17-7-2-9(13)12(15)10(14)3-7/h2-4,17H,5,16H2,1H3. The van der Waals surface area contributed by atoms with Crippen LogP contribution in [0, 0.1) is 12.7 Å². The van der Waals surface area contributed by atoms with Crippen LogP contribution in [0.3, 0.4) is 0 Å². The third-order valence-electron chi connectivity index (χ3n) is 2.65. The fourth-order valence-electron chi connectivity index (χ4n) is 1.72. The van der Waals surface area contributed by atoms with Gasteiger partial charge in [-0.1, -0.05) is 23.2 Å². The van der Waals surface area contributed by atoms with Crippen LogP contribution in [0.5, 0.6) is 0 Å². The first-order valence-electron chi connectivity index (χ1n) is 5.71. The highest BCUT2D eigenvalue weighted by Gasteiger charge is 2.21. The van der Waals surface area contributed by atoms with Gasteiger partial charge in [0.05, 0.1) is 15.7 Å². The second kappa shape index (κ2) is 6.10. The van der Waals surface area contributed by atoms with E-state index in [2.05, 4.69) is 4.72 Å². The Balaban J connectivity index is 2.39. The summed E-state index contributed by atoms with van der Waals surface area (Å²) in [6.45, 7) is 1.94. The Morgan fingerprint density at radius 3 is 2.33 bits per heavy atom. The Morgan fingerprint density at radius 2 is 1.86 bits per heavy atom. The molecule has 0 aliphatic rings. The number of benzene rings is 1.